The molecule has 0 radical (unpaired) electrons. The van der Waals surface area contributed by atoms with Crippen LogP contribution in [0.2, 0.25) is 0 Å². The maximum atomic E-state index is 10.1. The third kappa shape index (κ3) is 1.54. The summed E-state index contributed by atoms with van der Waals surface area (Å²) in [5.41, 5.74) is -0.0249. The van der Waals surface area contributed by atoms with Crippen LogP contribution in [-0.2, 0) is 19.0 Å². The Morgan fingerprint density at radius 1 is 1.31 bits per heavy atom. The number of fused-ring (bicyclic) bond motifs is 3. The van der Waals surface area contributed by atoms with Gasteiger partial charge in [0.1, 0.15) is 0 Å². The first kappa shape index (κ1) is 8.93. The molecule has 1 N–H and O–H groups in total. The standard InChI is InChI=1S/C8H13NO4/c1-7-3-11-8(12-4-7,13-5-7)2-9-6-10/h6H,2-5H2,1H3,(H,9,10). The van der Waals surface area contributed by atoms with Crippen molar-refractivity contribution in [3.63, 3.8) is 0 Å². The average Bonchev–Trinajstić information content (AvgIpc) is 2.18. The Bertz CT molecular complexity index is 194. The van der Waals surface area contributed by atoms with E-state index in [4.69, 9.17) is 14.2 Å². The molecule has 0 aromatic rings. The highest BCUT2D eigenvalue weighted by Crippen LogP contribution is 2.37. The monoisotopic (exact) mass is 187 g/mol. The van der Waals surface area contributed by atoms with E-state index in [1.807, 2.05) is 6.92 Å². The lowest BCUT2D eigenvalue weighted by Crippen LogP contribution is -2.62. The summed E-state index contributed by atoms with van der Waals surface area (Å²) in [7, 11) is 0. The molecule has 0 atom stereocenters. The van der Waals surface area contributed by atoms with E-state index in [-0.39, 0.29) is 12.0 Å². The van der Waals surface area contributed by atoms with Crippen molar-refractivity contribution in [2.45, 2.75) is 12.9 Å². The Hall–Kier alpha value is -0.650. The minimum Gasteiger partial charge on any atom is -0.351 e. The van der Waals surface area contributed by atoms with Crippen LogP contribution in [0.3, 0.4) is 0 Å². The molecule has 0 spiro atoms. The fraction of sp³-hybridized carbons (Fsp3) is 0.875. The van der Waals surface area contributed by atoms with Gasteiger partial charge in [-0.2, -0.15) is 0 Å². The second-order valence-corrected chi connectivity index (χ2v) is 3.86. The van der Waals surface area contributed by atoms with Crippen LogP contribution in [0.5, 0.6) is 0 Å². The molecule has 13 heavy (non-hydrogen) atoms. The van der Waals surface area contributed by atoms with E-state index in [0.29, 0.717) is 26.2 Å². The molecule has 3 heterocycles. The van der Waals surface area contributed by atoms with Crippen molar-refractivity contribution in [3.8, 4) is 0 Å². The number of carbonyl (C=O) groups excluding carboxylic acids is 1. The van der Waals surface area contributed by atoms with Gasteiger partial charge in [-0.15, -0.1) is 0 Å². The summed E-state index contributed by atoms with van der Waals surface area (Å²) in [5.74, 6) is -1.03. The molecule has 5 nitrogen and oxygen atoms in total. The molecule has 0 aromatic carbocycles. The zero-order valence-corrected chi connectivity index (χ0v) is 7.54. The lowest BCUT2D eigenvalue weighted by molar-refractivity contribution is -0.461. The molecule has 3 rings (SSSR count). The van der Waals surface area contributed by atoms with Crippen LogP contribution in [0.4, 0.5) is 0 Å². The molecule has 74 valence electrons. The summed E-state index contributed by atoms with van der Waals surface area (Å²) in [6.07, 6.45) is 0.604. The zero-order chi connectivity index (χ0) is 9.36. The smallest absolute Gasteiger partial charge is 0.301 e. The van der Waals surface area contributed by atoms with Gasteiger partial charge in [0.25, 0.3) is 0 Å². The van der Waals surface area contributed by atoms with E-state index in [9.17, 15) is 4.79 Å². The molecule has 3 aliphatic rings. The average molecular weight is 187 g/mol. The van der Waals surface area contributed by atoms with Crippen molar-refractivity contribution < 1.29 is 19.0 Å². The van der Waals surface area contributed by atoms with Crippen LogP contribution in [0.15, 0.2) is 0 Å². The number of hydrogen-bond donors (Lipinski definition) is 1. The molecule has 3 aliphatic heterocycles. The number of carbonyl (C=O) groups is 1. The van der Waals surface area contributed by atoms with Crippen LogP contribution in [-0.4, -0.2) is 38.7 Å². The third-order valence-corrected chi connectivity index (χ3v) is 2.32. The van der Waals surface area contributed by atoms with Crippen molar-refractivity contribution in [2.75, 3.05) is 26.4 Å². The number of rotatable bonds is 3. The largest absolute Gasteiger partial charge is 0.351 e. The Balaban J connectivity index is 1.98. The van der Waals surface area contributed by atoms with Crippen LogP contribution in [0.1, 0.15) is 6.92 Å². The number of ether oxygens (including phenoxy) is 3. The van der Waals surface area contributed by atoms with Crippen LogP contribution in [0, 0.1) is 5.41 Å². The number of amides is 1. The summed E-state index contributed by atoms with van der Waals surface area (Å²) >= 11 is 0. The second kappa shape index (κ2) is 2.94. The molecule has 0 aliphatic carbocycles. The highest BCUT2D eigenvalue weighted by molar-refractivity contribution is 5.45. The van der Waals surface area contributed by atoms with Gasteiger partial charge in [-0.25, -0.2) is 0 Å². The van der Waals surface area contributed by atoms with E-state index in [2.05, 4.69) is 5.32 Å². The van der Waals surface area contributed by atoms with Gasteiger partial charge in [0.15, 0.2) is 0 Å². The maximum Gasteiger partial charge on any atom is 0.301 e. The fourth-order valence-corrected chi connectivity index (χ4v) is 1.42. The molecule has 5 heteroatoms. The molecule has 0 saturated carbocycles. The lowest BCUT2D eigenvalue weighted by Gasteiger charge is -2.50. The van der Waals surface area contributed by atoms with Gasteiger partial charge < -0.3 is 19.5 Å². The quantitative estimate of drug-likeness (QED) is 0.603. The van der Waals surface area contributed by atoms with E-state index >= 15 is 0 Å². The third-order valence-electron chi connectivity index (χ3n) is 2.32. The molecular weight excluding hydrogens is 174 g/mol. The fourth-order valence-electron chi connectivity index (χ4n) is 1.42. The highest BCUT2D eigenvalue weighted by atomic mass is 16.9. The van der Waals surface area contributed by atoms with E-state index in [1.54, 1.807) is 0 Å². The summed E-state index contributed by atoms with van der Waals surface area (Å²) in [6, 6.07) is 0. The van der Waals surface area contributed by atoms with Crippen molar-refractivity contribution in [1.29, 1.82) is 0 Å². The van der Waals surface area contributed by atoms with E-state index in [1.165, 1.54) is 0 Å². The SMILES string of the molecule is CC12COC(CNC=O)(OC1)OC2. The minimum absolute atomic E-state index is 0.0249. The number of nitrogens with one attached hydrogen (secondary N) is 1. The van der Waals surface area contributed by atoms with Crippen LogP contribution < -0.4 is 5.32 Å². The predicted octanol–water partition coefficient (Wildman–Crippen LogP) is -0.530. The van der Waals surface area contributed by atoms with Crippen LogP contribution in [0.25, 0.3) is 0 Å². The van der Waals surface area contributed by atoms with Crippen LogP contribution >= 0.6 is 0 Å². The normalized spacial score (nSPS) is 43.2. The first-order valence-corrected chi connectivity index (χ1v) is 4.27. The number of hydrogen-bond acceptors (Lipinski definition) is 4. The minimum atomic E-state index is -1.03. The van der Waals surface area contributed by atoms with Gasteiger partial charge in [-0.3, -0.25) is 4.79 Å². The second-order valence-electron chi connectivity index (χ2n) is 3.86. The summed E-state index contributed by atoms with van der Waals surface area (Å²) in [5, 5.41) is 2.49. The maximum absolute atomic E-state index is 10.1. The molecular formula is C8H13NO4. The molecule has 3 fully saturated rings. The van der Waals surface area contributed by atoms with E-state index in [0.717, 1.165) is 0 Å². The van der Waals surface area contributed by atoms with Crippen molar-refractivity contribution in [2.24, 2.45) is 5.41 Å². The van der Waals surface area contributed by atoms with Gasteiger partial charge in [-0.1, -0.05) is 6.92 Å². The topological polar surface area (TPSA) is 56.8 Å². The van der Waals surface area contributed by atoms with Gasteiger partial charge >= 0.3 is 5.97 Å². The zero-order valence-electron chi connectivity index (χ0n) is 7.54. The first-order chi connectivity index (χ1) is 6.18. The Morgan fingerprint density at radius 2 is 1.85 bits per heavy atom. The van der Waals surface area contributed by atoms with Gasteiger partial charge in [0.05, 0.1) is 26.4 Å². The molecule has 0 aromatic heterocycles. The predicted molar refractivity (Wildman–Crippen MR) is 42.8 cm³/mol. The van der Waals surface area contributed by atoms with Gasteiger partial charge in [-0.05, 0) is 0 Å². The molecule has 2 bridgehead atoms. The summed E-state index contributed by atoms with van der Waals surface area (Å²) in [4.78, 5) is 10.1. The summed E-state index contributed by atoms with van der Waals surface area (Å²) in [6.45, 7) is 4.14. The Labute approximate surface area is 76.3 Å². The van der Waals surface area contributed by atoms with Gasteiger partial charge in [0.2, 0.25) is 6.41 Å². The molecule has 0 unspecified atom stereocenters. The van der Waals surface area contributed by atoms with Gasteiger partial charge in [0, 0.05) is 5.41 Å². The first-order valence-electron chi connectivity index (χ1n) is 4.27. The Morgan fingerprint density at radius 3 is 2.31 bits per heavy atom. The summed E-state index contributed by atoms with van der Waals surface area (Å²) < 4.78 is 16.2. The highest BCUT2D eigenvalue weighted by Gasteiger charge is 2.50. The van der Waals surface area contributed by atoms with E-state index < -0.39 is 5.97 Å². The van der Waals surface area contributed by atoms with Crippen molar-refractivity contribution in [1.82, 2.24) is 5.32 Å². The van der Waals surface area contributed by atoms with Crippen molar-refractivity contribution >= 4 is 6.41 Å². The van der Waals surface area contributed by atoms with Crippen molar-refractivity contribution in [3.05, 3.63) is 0 Å². The lowest BCUT2D eigenvalue weighted by atomic mass is 9.92. The molecule has 3 saturated heterocycles. The molecule has 1 amide bonds. The Kier molecular flexibility index (Phi) is 2.02.